The van der Waals surface area contributed by atoms with Gasteiger partial charge >= 0.3 is 23.9 Å². The van der Waals surface area contributed by atoms with Crippen LogP contribution in [0.4, 0.5) is 0 Å². The van der Waals surface area contributed by atoms with Crippen LogP contribution >= 0.6 is 11.6 Å². The smallest absolute Gasteiger partial charge is 0.328 e. The molecule has 2 rings (SSSR count). The van der Waals surface area contributed by atoms with Gasteiger partial charge < -0.3 is 30.9 Å². The van der Waals surface area contributed by atoms with Crippen LogP contribution in [0.2, 0.25) is 5.02 Å². The van der Waals surface area contributed by atoms with Crippen LogP contribution in [-0.2, 0) is 25.7 Å². The minimum Gasteiger partial charge on any atom is -0.494 e. The minimum absolute atomic E-state index is 0.558. The fourth-order valence-corrected chi connectivity index (χ4v) is 2.94. The summed E-state index contributed by atoms with van der Waals surface area (Å²) in [6.07, 6.45) is 3.43. The van der Waals surface area contributed by atoms with Crippen LogP contribution in [-0.4, -0.2) is 75.4 Å². The lowest BCUT2D eigenvalue weighted by Gasteiger charge is -2.18. The SMILES string of the molecule is CCOc1ccc(Cl)cc1CN1CC[C@H](CN)C1.O=C(O)/C=C/C(=O)O.O=C(O)/C=C/C(=O)O. The number of likely N-dealkylation sites (tertiary alicyclic amines) is 1. The van der Waals surface area contributed by atoms with E-state index in [0.717, 1.165) is 37.0 Å². The molecule has 1 atom stereocenters. The van der Waals surface area contributed by atoms with Gasteiger partial charge in [-0.2, -0.15) is 0 Å². The van der Waals surface area contributed by atoms with E-state index in [1.807, 2.05) is 25.1 Å². The number of benzene rings is 1. The highest BCUT2D eigenvalue weighted by Gasteiger charge is 2.22. The summed E-state index contributed by atoms with van der Waals surface area (Å²) >= 11 is 6.06. The Bertz CT molecular complexity index is 821. The van der Waals surface area contributed by atoms with Crippen molar-refractivity contribution in [2.75, 3.05) is 26.2 Å². The van der Waals surface area contributed by atoms with Crippen molar-refractivity contribution in [1.29, 1.82) is 0 Å². The summed E-state index contributed by atoms with van der Waals surface area (Å²) in [5.41, 5.74) is 6.89. The zero-order valence-electron chi connectivity index (χ0n) is 18.6. The predicted molar refractivity (Wildman–Crippen MR) is 124 cm³/mol. The van der Waals surface area contributed by atoms with Crippen molar-refractivity contribution in [2.45, 2.75) is 19.9 Å². The van der Waals surface area contributed by atoms with Crippen molar-refractivity contribution < 1.29 is 44.3 Å². The number of nitrogens with zero attached hydrogens (tertiary/aromatic N) is 1. The molecule has 34 heavy (non-hydrogen) atoms. The molecule has 1 aliphatic rings. The molecule has 1 aromatic rings. The van der Waals surface area contributed by atoms with E-state index in [0.29, 0.717) is 36.8 Å². The third kappa shape index (κ3) is 15.4. The topological polar surface area (TPSA) is 188 Å². The van der Waals surface area contributed by atoms with E-state index in [4.69, 9.17) is 42.5 Å². The molecule has 1 fully saturated rings. The molecular weight excluding hydrogens is 472 g/mol. The van der Waals surface area contributed by atoms with Gasteiger partial charge in [-0.1, -0.05) is 11.6 Å². The predicted octanol–water partition coefficient (Wildman–Crippen LogP) is 1.94. The number of carbonyl (C=O) groups is 4. The summed E-state index contributed by atoms with van der Waals surface area (Å²) in [4.78, 5) is 40.6. The van der Waals surface area contributed by atoms with Gasteiger partial charge in [0.05, 0.1) is 6.61 Å². The Balaban J connectivity index is 0.000000570. The molecule has 188 valence electrons. The van der Waals surface area contributed by atoms with E-state index < -0.39 is 23.9 Å². The number of halogens is 1. The van der Waals surface area contributed by atoms with E-state index in [-0.39, 0.29) is 0 Å². The summed E-state index contributed by atoms with van der Waals surface area (Å²) in [5.74, 6) is -3.45. The fourth-order valence-electron chi connectivity index (χ4n) is 2.74. The molecule has 0 bridgehead atoms. The number of carboxylic acids is 4. The molecule has 12 heteroatoms. The summed E-state index contributed by atoms with van der Waals surface area (Å²) in [6.45, 7) is 6.55. The normalized spacial score (nSPS) is 15.2. The lowest BCUT2D eigenvalue weighted by molar-refractivity contribution is -0.134. The number of hydrogen-bond donors (Lipinski definition) is 5. The van der Waals surface area contributed by atoms with E-state index >= 15 is 0 Å². The molecule has 11 nitrogen and oxygen atoms in total. The number of ether oxygens (including phenoxy) is 1. The van der Waals surface area contributed by atoms with Gasteiger partial charge in [0, 0.05) is 48.0 Å². The quantitative estimate of drug-likeness (QED) is 0.311. The molecular formula is C22H29ClN2O9. The molecule has 0 unspecified atom stereocenters. The Morgan fingerprint density at radius 3 is 1.91 bits per heavy atom. The van der Waals surface area contributed by atoms with Crippen molar-refractivity contribution in [3.05, 3.63) is 53.1 Å². The zero-order chi connectivity index (χ0) is 26.1. The average Bonchev–Trinajstić information content (AvgIpc) is 3.21. The van der Waals surface area contributed by atoms with Crippen molar-refractivity contribution in [1.82, 2.24) is 4.90 Å². The largest absolute Gasteiger partial charge is 0.494 e. The van der Waals surface area contributed by atoms with Crippen LogP contribution in [0.1, 0.15) is 18.9 Å². The Hall–Kier alpha value is -3.41. The van der Waals surface area contributed by atoms with E-state index in [1.165, 1.54) is 12.0 Å². The lowest BCUT2D eigenvalue weighted by atomic mass is 10.1. The van der Waals surface area contributed by atoms with Gasteiger partial charge in [-0.05, 0) is 50.6 Å². The number of hydrogen-bond acceptors (Lipinski definition) is 7. The third-order valence-electron chi connectivity index (χ3n) is 4.16. The van der Waals surface area contributed by atoms with Crippen LogP contribution in [0.5, 0.6) is 5.75 Å². The molecule has 0 saturated carbocycles. The van der Waals surface area contributed by atoms with Crippen LogP contribution in [0.15, 0.2) is 42.5 Å². The Morgan fingerprint density at radius 1 is 1.03 bits per heavy atom. The van der Waals surface area contributed by atoms with Gasteiger partial charge in [-0.25, -0.2) is 19.2 Å². The Kier molecular flexibility index (Phi) is 15.4. The molecule has 1 aliphatic heterocycles. The molecule has 0 radical (unpaired) electrons. The van der Waals surface area contributed by atoms with Crippen molar-refractivity contribution >= 4 is 35.5 Å². The van der Waals surface area contributed by atoms with Crippen LogP contribution in [0.25, 0.3) is 0 Å². The van der Waals surface area contributed by atoms with Crippen LogP contribution in [0, 0.1) is 5.92 Å². The first kappa shape index (κ1) is 30.6. The average molecular weight is 501 g/mol. The maximum Gasteiger partial charge on any atom is 0.328 e. The van der Waals surface area contributed by atoms with Gasteiger partial charge in [0.15, 0.2) is 0 Å². The maximum absolute atomic E-state index is 9.55. The first-order valence-electron chi connectivity index (χ1n) is 10.1. The third-order valence-corrected chi connectivity index (χ3v) is 4.39. The summed E-state index contributed by atoms with van der Waals surface area (Å²) < 4.78 is 5.65. The molecule has 1 saturated heterocycles. The molecule has 0 aliphatic carbocycles. The van der Waals surface area contributed by atoms with Crippen molar-refractivity contribution in [3.63, 3.8) is 0 Å². The Morgan fingerprint density at radius 2 is 1.53 bits per heavy atom. The second-order valence-electron chi connectivity index (χ2n) is 6.83. The molecule has 0 aromatic heterocycles. The van der Waals surface area contributed by atoms with Gasteiger partial charge in [0.1, 0.15) is 5.75 Å². The van der Waals surface area contributed by atoms with Gasteiger partial charge in [0.2, 0.25) is 0 Å². The first-order chi connectivity index (χ1) is 16.0. The standard InChI is InChI=1S/C14H21ClN2O.2C4H4O4/c1-2-18-14-4-3-13(15)7-12(14)10-17-6-5-11(8-16)9-17;2*5-3(6)1-2-4(7)8/h3-4,7,11H,2,5-6,8-10,16H2,1H3;2*1-2H,(H,5,6)(H,7,8)/b;2*2-1+/t11-;;/m1../s1. The number of aliphatic carboxylic acids is 4. The summed E-state index contributed by atoms with van der Waals surface area (Å²) in [7, 11) is 0. The highest BCUT2D eigenvalue weighted by molar-refractivity contribution is 6.30. The molecule has 1 heterocycles. The lowest BCUT2D eigenvalue weighted by Crippen LogP contribution is -2.23. The van der Waals surface area contributed by atoms with E-state index in [9.17, 15) is 19.2 Å². The second-order valence-corrected chi connectivity index (χ2v) is 7.27. The first-order valence-corrected chi connectivity index (χ1v) is 10.5. The maximum atomic E-state index is 9.55. The number of nitrogens with two attached hydrogens (primary N) is 1. The fraction of sp³-hybridized carbons (Fsp3) is 0.364. The van der Waals surface area contributed by atoms with Crippen LogP contribution in [0.3, 0.4) is 0 Å². The summed E-state index contributed by atoms with van der Waals surface area (Å²) in [5, 5.41) is 32.0. The highest BCUT2D eigenvalue weighted by atomic mass is 35.5. The molecule has 1 aromatic carbocycles. The van der Waals surface area contributed by atoms with Crippen LogP contribution < -0.4 is 10.5 Å². The van der Waals surface area contributed by atoms with Gasteiger partial charge in [0.25, 0.3) is 0 Å². The molecule has 0 amide bonds. The van der Waals surface area contributed by atoms with E-state index in [2.05, 4.69) is 4.90 Å². The minimum atomic E-state index is -1.26. The highest BCUT2D eigenvalue weighted by Crippen LogP contribution is 2.26. The number of rotatable bonds is 9. The monoisotopic (exact) mass is 500 g/mol. The molecule has 6 N–H and O–H groups in total. The van der Waals surface area contributed by atoms with Crippen molar-refractivity contribution in [3.8, 4) is 5.75 Å². The number of carboxylic acid groups (broad SMARTS) is 4. The zero-order valence-corrected chi connectivity index (χ0v) is 19.3. The van der Waals surface area contributed by atoms with Gasteiger partial charge in [-0.15, -0.1) is 0 Å². The van der Waals surface area contributed by atoms with E-state index in [1.54, 1.807) is 0 Å². The van der Waals surface area contributed by atoms with Gasteiger partial charge in [-0.3, -0.25) is 4.90 Å². The Labute approximate surface area is 201 Å². The molecule has 0 spiro atoms. The second kappa shape index (κ2) is 17.1. The van der Waals surface area contributed by atoms with Crippen molar-refractivity contribution in [2.24, 2.45) is 11.7 Å². The summed E-state index contributed by atoms with van der Waals surface area (Å²) in [6, 6.07) is 5.84.